The molecule has 8 atom stereocenters. The van der Waals surface area contributed by atoms with Crippen LogP contribution in [-0.2, 0) is 21.0 Å². The Labute approximate surface area is 592 Å². The van der Waals surface area contributed by atoms with Crippen LogP contribution >= 0.6 is 70.6 Å². The number of rotatable bonds is 26. The molecule has 1 fully saturated rings. The number of hydrogen-bond donors (Lipinski definition) is 4. The normalized spacial score (nSPS) is 14.5. The van der Waals surface area contributed by atoms with Crippen LogP contribution in [-0.4, -0.2) is 55.9 Å². The molecule has 0 aliphatic heterocycles. The van der Waals surface area contributed by atoms with Gasteiger partial charge in [-0.3, -0.25) is 10.2 Å². The number of aromatic amines is 2. The fourth-order valence-corrected chi connectivity index (χ4v) is 13.7. The third kappa shape index (κ3) is 31.7. The third-order valence-corrected chi connectivity index (χ3v) is 21.7. The van der Waals surface area contributed by atoms with Crippen molar-refractivity contribution in [2.45, 2.75) is 249 Å². The Balaban J connectivity index is 0.000000243. The minimum Gasteiger partial charge on any atom is -0.508 e. The Hall–Kier alpha value is -5.30. The van der Waals surface area contributed by atoms with Crippen molar-refractivity contribution in [2.75, 3.05) is 6.61 Å². The standard InChI is InChI=1S/C18H28O2.C14H22O2.2C13H16N2S3.2C10H14O/c1-4-14(2)16-10-12-18(13-11-16)20-15(3)19-17-8-6-5-7-9-17;1-5-11(3)13-7-9-14(10-8-13)16-12(4)15-6-2;2*1-3-9(2)11-6-4-10(5-7-11)8-17-13-15-14-12(16)18-13;2*1-3-8(2)9-4-6-10(11)7-5-9/h10-15,17H,4-9H2,1-3H3;7-12H,5-6H2,1-4H3;2*4-7,9H,3,8H2,1-2H3,(H,14,16);2*4-8,11H,3H2,1-2H3. The quantitative estimate of drug-likeness (QED) is 0.0234. The monoisotopic (exact) mass is 1390 g/mol. The second kappa shape index (κ2) is 46.0. The summed E-state index contributed by atoms with van der Waals surface area (Å²) in [6.07, 6.45) is 13.3. The maximum Gasteiger partial charge on any atom is 0.197 e. The first kappa shape index (κ1) is 81.1. The van der Waals surface area contributed by atoms with Crippen molar-refractivity contribution < 1.29 is 29.2 Å². The van der Waals surface area contributed by atoms with E-state index in [0.29, 0.717) is 59.7 Å². The summed E-state index contributed by atoms with van der Waals surface area (Å²) in [5.74, 6) is 8.03. The molecule has 8 aromatic rings. The predicted octanol–water partition coefficient (Wildman–Crippen LogP) is 25.1. The van der Waals surface area contributed by atoms with E-state index in [-0.39, 0.29) is 12.6 Å². The molecule has 0 radical (unpaired) electrons. The molecule has 0 spiro atoms. The number of H-pyrrole nitrogens is 2. The van der Waals surface area contributed by atoms with E-state index in [0.717, 1.165) is 58.9 Å². The Morgan fingerprint density at radius 2 is 0.713 bits per heavy atom. The van der Waals surface area contributed by atoms with Crippen molar-refractivity contribution in [3.05, 3.63) is 198 Å². The van der Waals surface area contributed by atoms with Gasteiger partial charge in [0, 0.05) is 18.1 Å². The summed E-state index contributed by atoms with van der Waals surface area (Å²) < 4.78 is 26.3. The van der Waals surface area contributed by atoms with Crippen LogP contribution in [0.1, 0.15) is 255 Å². The lowest BCUT2D eigenvalue weighted by Gasteiger charge is -2.26. The number of nitrogens with one attached hydrogen (secondary N) is 2. The van der Waals surface area contributed by atoms with Crippen LogP contribution in [0.5, 0.6) is 23.0 Å². The number of ether oxygens (including phenoxy) is 4. The van der Waals surface area contributed by atoms with Gasteiger partial charge in [-0.05, 0) is 225 Å². The first-order chi connectivity index (χ1) is 45.2. The van der Waals surface area contributed by atoms with E-state index in [2.05, 4.69) is 188 Å². The van der Waals surface area contributed by atoms with Crippen molar-refractivity contribution in [3.8, 4) is 23.0 Å². The van der Waals surface area contributed by atoms with Gasteiger partial charge >= 0.3 is 0 Å². The molecule has 0 amide bonds. The van der Waals surface area contributed by atoms with E-state index in [4.69, 9.17) is 53.6 Å². The highest BCUT2D eigenvalue weighted by atomic mass is 32.2. The van der Waals surface area contributed by atoms with E-state index in [1.165, 1.54) is 119 Å². The minimum absolute atomic E-state index is 0.160. The summed E-state index contributed by atoms with van der Waals surface area (Å²) in [5, 5.41) is 31.9. The molecule has 6 aromatic carbocycles. The highest BCUT2D eigenvalue weighted by Gasteiger charge is 2.18. The molecule has 1 aliphatic rings. The number of hydrogen-bond acceptors (Lipinski definition) is 14. The first-order valence-corrected chi connectivity index (χ1v) is 38.6. The molecule has 1 saturated carbocycles. The van der Waals surface area contributed by atoms with Gasteiger partial charge in [-0.15, -0.1) is 0 Å². The highest BCUT2D eigenvalue weighted by molar-refractivity contribution is 8.00. The van der Waals surface area contributed by atoms with Crippen LogP contribution in [0.3, 0.4) is 0 Å². The lowest BCUT2D eigenvalue weighted by molar-refractivity contribution is -0.116. The molecule has 514 valence electrons. The second-order valence-corrected chi connectivity index (χ2v) is 30.0. The Bertz CT molecular complexity index is 3180. The van der Waals surface area contributed by atoms with E-state index in [1.807, 2.05) is 57.2 Å². The molecule has 0 saturated heterocycles. The SMILES string of the molecule is CCC(C)c1ccc(CSc2n[nH]c(=S)s2)cc1.CCC(C)c1ccc(CSc2n[nH]c(=S)s2)cc1.CCC(C)c1ccc(O)cc1.CCC(C)c1ccc(O)cc1.CCC(C)c1ccc(OC(C)OC2CCCCC2)cc1.CCOC(C)Oc1ccc(C(C)CC)cc1. The molecule has 2 heterocycles. The van der Waals surface area contributed by atoms with Gasteiger partial charge in [0.15, 0.2) is 29.2 Å². The number of benzene rings is 6. The van der Waals surface area contributed by atoms with E-state index < -0.39 is 0 Å². The van der Waals surface area contributed by atoms with Gasteiger partial charge in [0.05, 0.1) is 6.10 Å². The fraction of sp³-hybridized carbons (Fsp3) is 0.487. The Morgan fingerprint density at radius 3 is 0.989 bits per heavy atom. The van der Waals surface area contributed by atoms with E-state index >= 15 is 0 Å². The van der Waals surface area contributed by atoms with Crippen molar-refractivity contribution in [1.82, 2.24) is 20.4 Å². The van der Waals surface area contributed by atoms with Crippen molar-refractivity contribution in [3.63, 3.8) is 0 Å². The van der Waals surface area contributed by atoms with Gasteiger partial charge in [-0.2, -0.15) is 10.2 Å². The van der Waals surface area contributed by atoms with Gasteiger partial charge in [-0.1, -0.05) is 246 Å². The molecule has 8 unspecified atom stereocenters. The van der Waals surface area contributed by atoms with Crippen LogP contribution in [0.15, 0.2) is 154 Å². The van der Waals surface area contributed by atoms with Crippen molar-refractivity contribution in [2.24, 2.45) is 0 Å². The number of aromatic nitrogens is 4. The minimum atomic E-state index is -0.181. The molecule has 10 nitrogen and oxygen atoms in total. The summed E-state index contributed by atoms with van der Waals surface area (Å²) in [4.78, 5) is 0. The number of nitrogens with zero attached hydrogens (tertiary/aromatic N) is 2. The Morgan fingerprint density at radius 1 is 0.426 bits per heavy atom. The highest BCUT2D eigenvalue weighted by Crippen LogP contribution is 2.30. The average Bonchev–Trinajstić information content (AvgIpc) is 2.07. The maximum absolute atomic E-state index is 9.01. The zero-order chi connectivity index (χ0) is 68.8. The van der Waals surface area contributed by atoms with Crippen LogP contribution < -0.4 is 9.47 Å². The molecule has 1 aliphatic carbocycles. The van der Waals surface area contributed by atoms with Crippen molar-refractivity contribution in [1.29, 1.82) is 0 Å². The van der Waals surface area contributed by atoms with Gasteiger partial charge < -0.3 is 29.2 Å². The Kier molecular flexibility index (Phi) is 39.7. The number of phenolic OH excluding ortho intramolecular Hbond substituents is 2. The largest absolute Gasteiger partial charge is 0.508 e. The van der Waals surface area contributed by atoms with Crippen LogP contribution in [0.2, 0.25) is 0 Å². The topological polar surface area (TPSA) is 135 Å². The number of thioether (sulfide) groups is 2. The maximum atomic E-state index is 9.01. The smallest absolute Gasteiger partial charge is 0.197 e. The van der Waals surface area contributed by atoms with Gasteiger partial charge in [0.25, 0.3) is 0 Å². The number of phenols is 2. The molecular formula is C78H110N4O6S6. The first-order valence-electron chi connectivity index (χ1n) is 34.1. The predicted molar refractivity (Wildman–Crippen MR) is 408 cm³/mol. The van der Waals surface area contributed by atoms with Gasteiger partial charge in [0.2, 0.25) is 0 Å². The summed E-state index contributed by atoms with van der Waals surface area (Å²) in [5.41, 5.74) is 10.8. The lowest BCUT2D eigenvalue weighted by atomic mass is 9.98. The molecule has 9 rings (SSSR count). The zero-order valence-corrected chi connectivity index (χ0v) is 63.7. The van der Waals surface area contributed by atoms with Gasteiger partial charge in [0.1, 0.15) is 23.0 Å². The summed E-state index contributed by atoms with van der Waals surface area (Å²) in [6.45, 7) is 33.1. The molecule has 0 bridgehead atoms. The molecule has 94 heavy (non-hydrogen) atoms. The lowest BCUT2D eigenvalue weighted by Crippen LogP contribution is -2.26. The molecular weight excluding hydrogens is 1280 g/mol. The van der Waals surface area contributed by atoms with Gasteiger partial charge in [-0.25, -0.2) is 0 Å². The van der Waals surface area contributed by atoms with E-state index in [1.54, 1.807) is 47.8 Å². The third-order valence-electron chi connectivity index (χ3n) is 17.1. The molecule has 2 aromatic heterocycles. The van der Waals surface area contributed by atoms with Crippen LogP contribution in [0.25, 0.3) is 0 Å². The fourth-order valence-electron chi connectivity index (χ4n) is 9.65. The zero-order valence-electron chi connectivity index (χ0n) is 58.8. The average molecular weight is 1390 g/mol. The molecule has 4 N–H and O–H groups in total. The second-order valence-electron chi connectivity index (χ2n) is 24.2. The van der Waals surface area contributed by atoms with E-state index in [9.17, 15) is 0 Å². The van der Waals surface area contributed by atoms with Crippen LogP contribution in [0.4, 0.5) is 0 Å². The summed E-state index contributed by atoms with van der Waals surface area (Å²) in [7, 11) is 0. The van der Waals surface area contributed by atoms with Crippen LogP contribution in [0, 0.1) is 7.91 Å². The summed E-state index contributed by atoms with van der Waals surface area (Å²) >= 11 is 16.5. The number of aromatic hydroxyl groups is 2. The van der Waals surface area contributed by atoms with Crippen molar-refractivity contribution >= 4 is 70.6 Å². The summed E-state index contributed by atoms with van der Waals surface area (Å²) in [6, 6.07) is 49.3. The molecule has 16 heteroatoms.